The minimum atomic E-state index is -1.16. The molecule has 2 aromatic heterocycles. The first-order valence-corrected chi connectivity index (χ1v) is 10.7. The number of rotatable bonds is 6. The number of morpholine rings is 1. The molecule has 3 heterocycles. The molecule has 0 bridgehead atoms. The van der Waals surface area contributed by atoms with Gasteiger partial charge in [-0.3, -0.25) is 19.6 Å². The zero-order valence-electron chi connectivity index (χ0n) is 18.0. The van der Waals surface area contributed by atoms with Gasteiger partial charge in [0, 0.05) is 38.1 Å². The number of carbonyl (C=O) groups excluding carboxylic acids is 2. The lowest BCUT2D eigenvalue weighted by Gasteiger charge is -2.41. The molecule has 0 aliphatic carbocycles. The highest BCUT2D eigenvalue weighted by Crippen LogP contribution is 2.27. The summed E-state index contributed by atoms with van der Waals surface area (Å²) in [6.45, 7) is 3.22. The van der Waals surface area contributed by atoms with Crippen molar-refractivity contribution < 1.29 is 14.3 Å². The van der Waals surface area contributed by atoms with Crippen LogP contribution in [0.2, 0.25) is 0 Å². The highest BCUT2D eigenvalue weighted by atomic mass is 16.5. The molecule has 1 aliphatic rings. The second-order valence-electron chi connectivity index (χ2n) is 7.75. The van der Waals surface area contributed by atoms with E-state index in [0.29, 0.717) is 25.2 Å². The maximum Gasteiger partial charge on any atom is 0.272 e. The van der Waals surface area contributed by atoms with Crippen molar-refractivity contribution in [3.8, 4) is 11.1 Å². The number of hydrogen-bond acceptors (Lipinski definition) is 5. The van der Waals surface area contributed by atoms with Crippen LogP contribution in [-0.2, 0) is 16.0 Å². The highest BCUT2D eigenvalue weighted by molar-refractivity contribution is 5.93. The lowest BCUT2D eigenvalue weighted by Crippen LogP contribution is -2.62. The third-order valence-corrected chi connectivity index (χ3v) is 5.57. The Hall–Kier alpha value is -3.58. The van der Waals surface area contributed by atoms with Crippen molar-refractivity contribution in [2.24, 2.45) is 0 Å². The smallest absolute Gasteiger partial charge is 0.272 e. The molecule has 1 saturated heterocycles. The fourth-order valence-corrected chi connectivity index (χ4v) is 3.94. The Labute approximate surface area is 187 Å². The van der Waals surface area contributed by atoms with Crippen molar-refractivity contribution in [2.45, 2.75) is 18.9 Å². The average Bonchev–Trinajstić information content (AvgIpc) is 2.85. The summed E-state index contributed by atoms with van der Waals surface area (Å²) >= 11 is 0. The summed E-state index contributed by atoms with van der Waals surface area (Å²) in [5.74, 6) is -0.410. The van der Waals surface area contributed by atoms with Crippen LogP contribution in [-0.4, -0.2) is 58.5 Å². The van der Waals surface area contributed by atoms with E-state index >= 15 is 0 Å². The Balaban J connectivity index is 1.57. The van der Waals surface area contributed by atoms with Crippen molar-refractivity contribution in [2.75, 3.05) is 26.2 Å². The predicted molar refractivity (Wildman–Crippen MR) is 121 cm³/mol. The first-order chi connectivity index (χ1) is 15.6. The molecule has 0 unspecified atom stereocenters. The molecular weight excluding hydrogens is 404 g/mol. The molecule has 1 aliphatic heterocycles. The fourth-order valence-electron chi connectivity index (χ4n) is 3.94. The lowest BCUT2D eigenvalue weighted by atomic mass is 9.90. The van der Waals surface area contributed by atoms with E-state index in [2.05, 4.69) is 15.3 Å². The van der Waals surface area contributed by atoms with E-state index in [0.717, 1.165) is 16.7 Å². The number of amides is 2. The molecule has 2 amide bonds. The molecule has 32 heavy (non-hydrogen) atoms. The largest absolute Gasteiger partial charge is 0.361 e. The van der Waals surface area contributed by atoms with Gasteiger partial charge in [0.2, 0.25) is 0 Å². The molecule has 164 valence electrons. The predicted octanol–water partition coefficient (Wildman–Crippen LogP) is 2.73. The number of benzene rings is 1. The summed E-state index contributed by atoms with van der Waals surface area (Å²) in [6.07, 6.45) is 5.48. The van der Waals surface area contributed by atoms with Gasteiger partial charge in [0.05, 0.1) is 13.2 Å². The molecule has 1 N–H and O–H groups in total. The molecule has 7 nitrogen and oxygen atoms in total. The van der Waals surface area contributed by atoms with Gasteiger partial charge in [0.15, 0.2) is 5.60 Å². The zero-order chi connectivity index (χ0) is 22.4. The first-order valence-electron chi connectivity index (χ1n) is 10.7. The molecular formula is C25H26N4O3. The number of aromatic nitrogens is 2. The summed E-state index contributed by atoms with van der Waals surface area (Å²) in [6, 6.07) is 17.2. The zero-order valence-corrected chi connectivity index (χ0v) is 18.0. The van der Waals surface area contributed by atoms with Gasteiger partial charge in [-0.15, -0.1) is 0 Å². The summed E-state index contributed by atoms with van der Waals surface area (Å²) < 4.78 is 6.08. The maximum absolute atomic E-state index is 13.1. The number of nitrogens with one attached hydrogen (secondary N) is 1. The van der Waals surface area contributed by atoms with Crippen LogP contribution in [0.15, 0.2) is 73.2 Å². The van der Waals surface area contributed by atoms with E-state index in [1.165, 1.54) is 0 Å². The molecule has 0 saturated carbocycles. The third kappa shape index (κ3) is 4.68. The number of ether oxygens (including phenoxy) is 1. The lowest BCUT2D eigenvalue weighted by molar-refractivity contribution is -0.157. The van der Waals surface area contributed by atoms with E-state index in [4.69, 9.17) is 4.74 Å². The van der Waals surface area contributed by atoms with Gasteiger partial charge in [0.1, 0.15) is 5.69 Å². The Morgan fingerprint density at radius 2 is 1.78 bits per heavy atom. The minimum absolute atomic E-state index is 0.167. The van der Waals surface area contributed by atoms with Gasteiger partial charge in [-0.05, 0) is 47.9 Å². The van der Waals surface area contributed by atoms with Gasteiger partial charge in [-0.25, -0.2) is 0 Å². The SMILES string of the molecule is CCNC(=O)[C@@]1(Cc2ccc(-c3ccncc3)cc2)CN(C(=O)c2ccccn2)CCO1. The third-order valence-electron chi connectivity index (χ3n) is 5.57. The molecule has 0 radical (unpaired) electrons. The van der Waals surface area contributed by atoms with Gasteiger partial charge < -0.3 is 15.0 Å². The van der Waals surface area contributed by atoms with Crippen molar-refractivity contribution in [3.05, 3.63) is 84.4 Å². The van der Waals surface area contributed by atoms with E-state index in [-0.39, 0.29) is 25.0 Å². The molecule has 1 fully saturated rings. The van der Waals surface area contributed by atoms with Crippen LogP contribution in [0.5, 0.6) is 0 Å². The molecule has 1 aromatic carbocycles. The van der Waals surface area contributed by atoms with E-state index in [1.54, 1.807) is 41.7 Å². The topological polar surface area (TPSA) is 84.4 Å². The standard InChI is InChI=1S/C25H26N4O3/c1-2-27-24(31)25(17-19-6-8-20(9-7-19)21-10-13-26-14-11-21)18-29(15-16-32-25)23(30)22-5-3-4-12-28-22/h3-14H,2,15-18H2,1H3,(H,27,31)/t25-/m1/s1. The van der Waals surface area contributed by atoms with E-state index in [1.807, 2.05) is 43.3 Å². The van der Waals surface area contributed by atoms with Crippen molar-refractivity contribution >= 4 is 11.8 Å². The number of pyridine rings is 2. The van der Waals surface area contributed by atoms with Gasteiger partial charge in [0.25, 0.3) is 11.8 Å². The van der Waals surface area contributed by atoms with Crippen LogP contribution in [0, 0.1) is 0 Å². The summed E-state index contributed by atoms with van der Waals surface area (Å²) in [7, 11) is 0. The van der Waals surface area contributed by atoms with Crippen molar-refractivity contribution in [1.82, 2.24) is 20.2 Å². The van der Waals surface area contributed by atoms with Crippen LogP contribution in [0.25, 0.3) is 11.1 Å². The second-order valence-corrected chi connectivity index (χ2v) is 7.75. The Morgan fingerprint density at radius 1 is 1.03 bits per heavy atom. The van der Waals surface area contributed by atoms with Gasteiger partial charge in [-0.2, -0.15) is 0 Å². The van der Waals surface area contributed by atoms with E-state index < -0.39 is 5.60 Å². The van der Waals surface area contributed by atoms with Crippen LogP contribution in [0.4, 0.5) is 0 Å². The summed E-state index contributed by atoms with van der Waals surface area (Å²) in [4.78, 5) is 36.0. The van der Waals surface area contributed by atoms with Crippen molar-refractivity contribution in [3.63, 3.8) is 0 Å². The van der Waals surface area contributed by atoms with E-state index in [9.17, 15) is 9.59 Å². The van der Waals surface area contributed by atoms with Crippen molar-refractivity contribution in [1.29, 1.82) is 0 Å². The van der Waals surface area contributed by atoms with Gasteiger partial charge >= 0.3 is 0 Å². The summed E-state index contributed by atoms with van der Waals surface area (Å²) in [5, 5.41) is 2.89. The molecule has 4 rings (SSSR count). The van der Waals surface area contributed by atoms with Gasteiger partial charge in [-0.1, -0.05) is 30.3 Å². The first kappa shape index (κ1) is 21.6. The number of likely N-dealkylation sites (N-methyl/N-ethyl adjacent to an activating group) is 1. The maximum atomic E-state index is 13.1. The van der Waals surface area contributed by atoms with Crippen LogP contribution in [0.3, 0.4) is 0 Å². The molecule has 0 spiro atoms. The Bertz CT molecular complexity index is 1060. The van der Waals surface area contributed by atoms with Crippen LogP contribution < -0.4 is 5.32 Å². The molecule has 1 atom stereocenters. The number of hydrogen-bond donors (Lipinski definition) is 1. The Morgan fingerprint density at radius 3 is 2.47 bits per heavy atom. The fraction of sp³-hybridized carbons (Fsp3) is 0.280. The van der Waals surface area contributed by atoms with Crippen LogP contribution >= 0.6 is 0 Å². The second kappa shape index (κ2) is 9.70. The average molecular weight is 431 g/mol. The number of nitrogens with zero attached hydrogens (tertiary/aromatic N) is 3. The Kier molecular flexibility index (Phi) is 6.56. The molecule has 7 heteroatoms. The molecule has 3 aromatic rings. The van der Waals surface area contributed by atoms with Crippen LogP contribution in [0.1, 0.15) is 23.0 Å². The normalized spacial score (nSPS) is 18.2. The quantitative estimate of drug-likeness (QED) is 0.650. The monoisotopic (exact) mass is 430 g/mol. The number of carbonyl (C=O) groups is 2. The minimum Gasteiger partial charge on any atom is -0.361 e. The highest BCUT2D eigenvalue weighted by Gasteiger charge is 2.45. The summed E-state index contributed by atoms with van der Waals surface area (Å²) in [5.41, 5.74) is 2.31.